The molecule has 1 aliphatic rings. The lowest BCUT2D eigenvalue weighted by molar-refractivity contribution is -0.132. The molecule has 5 nitrogen and oxygen atoms in total. The molecule has 1 atom stereocenters. The smallest absolute Gasteiger partial charge is 0.224 e. The van der Waals surface area contributed by atoms with Crippen LogP contribution in [0.2, 0.25) is 0 Å². The Morgan fingerprint density at radius 2 is 1.85 bits per heavy atom. The first-order chi connectivity index (χ1) is 12.5. The van der Waals surface area contributed by atoms with E-state index in [0.29, 0.717) is 6.42 Å². The van der Waals surface area contributed by atoms with Crippen molar-refractivity contribution in [1.82, 2.24) is 9.47 Å². The number of methoxy groups -OCH3 is 2. The highest BCUT2D eigenvalue weighted by Gasteiger charge is 2.31. The van der Waals surface area contributed by atoms with E-state index in [4.69, 9.17) is 9.47 Å². The van der Waals surface area contributed by atoms with E-state index in [1.165, 1.54) is 11.4 Å². The normalized spacial score (nSPS) is 16.8. The maximum Gasteiger partial charge on any atom is 0.224 e. The van der Waals surface area contributed by atoms with Crippen molar-refractivity contribution in [1.29, 1.82) is 0 Å². The summed E-state index contributed by atoms with van der Waals surface area (Å²) in [6.07, 6.45) is 2.51. The average molecular weight is 356 g/mol. The van der Waals surface area contributed by atoms with Gasteiger partial charge in [-0.15, -0.1) is 0 Å². The zero-order valence-corrected chi connectivity index (χ0v) is 16.1. The first kappa shape index (κ1) is 18.4. The lowest BCUT2D eigenvalue weighted by Crippen LogP contribution is -2.31. The molecular weight excluding hydrogens is 328 g/mol. The lowest BCUT2D eigenvalue weighted by atomic mass is 10.0. The van der Waals surface area contributed by atoms with E-state index in [-0.39, 0.29) is 11.9 Å². The van der Waals surface area contributed by atoms with Crippen LogP contribution in [0.25, 0.3) is 0 Å². The first-order valence-electron chi connectivity index (χ1n) is 9.19. The fraction of sp³-hybridized carbons (Fsp3) is 0.476. The van der Waals surface area contributed by atoms with Crippen LogP contribution in [0.15, 0.2) is 30.3 Å². The van der Waals surface area contributed by atoms with E-state index in [1.807, 2.05) is 23.1 Å². The molecule has 1 aromatic heterocycles. The van der Waals surface area contributed by atoms with Gasteiger partial charge in [-0.05, 0) is 51.0 Å². The van der Waals surface area contributed by atoms with Gasteiger partial charge in [-0.1, -0.05) is 0 Å². The minimum absolute atomic E-state index is 0.0789. The number of carbonyl (C=O) groups is 1. The van der Waals surface area contributed by atoms with Crippen LogP contribution >= 0.6 is 0 Å². The van der Waals surface area contributed by atoms with Crippen LogP contribution in [0.3, 0.4) is 0 Å². The molecule has 1 aliphatic heterocycles. The predicted octanol–water partition coefficient (Wildman–Crippen LogP) is 3.88. The van der Waals surface area contributed by atoms with Crippen LogP contribution in [0.4, 0.5) is 0 Å². The van der Waals surface area contributed by atoms with Crippen molar-refractivity contribution < 1.29 is 14.3 Å². The number of ether oxygens (including phenoxy) is 2. The predicted molar refractivity (Wildman–Crippen MR) is 102 cm³/mol. The van der Waals surface area contributed by atoms with Crippen LogP contribution in [0, 0.1) is 13.8 Å². The monoisotopic (exact) mass is 356 g/mol. The third kappa shape index (κ3) is 3.57. The second-order valence-corrected chi connectivity index (χ2v) is 6.87. The second kappa shape index (κ2) is 7.85. The third-order valence-electron chi connectivity index (χ3n) is 5.34. The average Bonchev–Trinajstić information content (AvgIpc) is 3.26. The molecule has 26 heavy (non-hydrogen) atoms. The van der Waals surface area contributed by atoms with Gasteiger partial charge in [0.05, 0.1) is 20.3 Å². The zero-order valence-electron chi connectivity index (χ0n) is 16.1. The fourth-order valence-corrected chi connectivity index (χ4v) is 3.89. The summed E-state index contributed by atoms with van der Waals surface area (Å²) in [5.41, 5.74) is 3.46. The zero-order chi connectivity index (χ0) is 18.7. The van der Waals surface area contributed by atoms with E-state index in [2.05, 4.69) is 30.5 Å². The molecule has 1 aromatic carbocycles. The molecular formula is C21H28N2O3. The van der Waals surface area contributed by atoms with Gasteiger partial charge in [0.2, 0.25) is 5.91 Å². The highest BCUT2D eigenvalue weighted by atomic mass is 16.5. The van der Waals surface area contributed by atoms with Gasteiger partial charge in [0, 0.05) is 42.5 Å². The third-order valence-corrected chi connectivity index (χ3v) is 5.34. The molecule has 0 spiro atoms. The van der Waals surface area contributed by atoms with E-state index < -0.39 is 0 Å². The van der Waals surface area contributed by atoms with Gasteiger partial charge in [-0.25, -0.2) is 0 Å². The van der Waals surface area contributed by atoms with E-state index in [0.717, 1.165) is 43.0 Å². The maximum atomic E-state index is 12.9. The number of aromatic nitrogens is 1. The summed E-state index contributed by atoms with van der Waals surface area (Å²) in [7, 11) is 3.31. The molecule has 0 saturated carbocycles. The quantitative estimate of drug-likeness (QED) is 0.789. The van der Waals surface area contributed by atoms with Crippen molar-refractivity contribution in [3.05, 3.63) is 47.3 Å². The Kier molecular flexibility index (Phi) is 5.55. The van der Waals surface area contributed by atoms with Crippen LogP contribution in [0.5, 0.6) is 11.5 Å². The van der Waals surface area contributed by atoms with Crippen molar-refractivity contribution in [2.45, 2.75) is 45.7 Å². The standard InChI is InChI=1S/C21H28N2O3/c1-15-7-8-16(2)22(15)13-11-21(24)23-12-5-6-19(23)18-10-9-17(25-3)14-20(18)26-4/h7-10,14,19H,5-6,11-13H2,1-4H3. The molecule has 0 bridgehead atoms. The van der Waals surface area contributed by atoms with Gasteiger partial charge >= 0.3 is 0 Å². The number of rotatable bonds is 6. The summed E-state index contributed by atoms with van der Waals surface area (Å²) >= 11 is 0. The topological polar surface area (TPSA) is 43.7 Å². The summed E-state index contributed by atoms with van der Waals surface area (Å²) < 4.78 is 13.0. The molecule has 3 rings (SSSR count). The highest BCUT2D eigenvalue weighted by molar-refractivity contribution is 5.77. The molecule has 1 fully saturated rings. The van der Waals surface area contributed by atoms with E-state index >= 15 is 0 Å². The summed E-state index contributed by atoms with van der Waals surface area (Å²) in [6, 6.07) is 10.1. The Morgan fingerprint density at radius 1 is 1.12 bits per heavy atom. The first-order valence-corrected chi connectivity index (χ1v) is 9.19. The van der Waals surface area contributed by atoms with Gasteiger partial charge in [0.15, 0.2) is 0 Å². The molecule has 2 heterocycles. The molecule has 1 saturated heterocycles. The van der Waals surface area contributed by atoms with Crippen molar-refractivity contribution >= 4 is 5.91 Å². The number of aryl methyl sites for hydroxylation is 2. The molecule has 5 heteroatoms. The molecule has 0 N–H and O–H groups in total. The highest BCUT2D eigenvalue weighted by Crippen LogP contribution is 2.39. The Labute approximate surface area is 155 Å². The van der Waals surface area contributed by atoms with Gasteiger partial charge in [-0.2, -0.15) is 0 Å². The van der Waals surface area contributed by atoms with Crippen LogP contribution in [0.1, 0.15) is 42.3 Å². The molecule has 2 aromatic rings. The molecule has 0 aliphatic carbocycles. The largest absolute Gasteiger partial charge is 0.497 e. The summed E-state index contributed by atoms with van der Waals surface area (Å²) in [5, 5.41) is 0. The Bertz CT molecular complexity index is 762. The van der Waals surface area contributed by atoms with Gasteiger partial charge in [0.1, 0.15) is 11.5 Å². The second-order valence-electron chi connectivity index (χ2n) is 6.87. The summed E-state index contributed by atoms with van der Waals surface area (Å²) in [6.45, 7) is 5.70. The van der Waals surface area contributed by atoms with Gasteiger partial charge in [-0.3, -0.25) is 4.79 Å². The SMILES string of the molecule is COc1ccc(C2CCCN2C(=O)CCn2c(C)ccc2C)c(OC)c1. The number of hydrogen-bond acceptors (Lipinski definition) is 3. The number of likely N-dealkylation sites (tertiary alicyclic amines) is 1. The van der Waals surface area contributed by atoms with Gasteiger partial charge < -0.3 is 18.9 Å². The van der Waals surface area contributed by atoms with Crippen molar-refractivity contribution in [3.8, 4) is 11.5 Å². The minimum Gasteiger partial charge on any atom is -0.497 e. The lowest BCUT2D eigenvalue weighted by Gasteiger charge is -2.27. The maximum absolute atomic E-state index is 12.9. The number of hydrogen-bond donors (Lipinski definition) is 0. The number of benzene rings is 1. The number of amides is 1. The van der Waals surface area contributed by atoms with Crippen molar-refractivity contribution in [3.63, 3.8) is 0 Å². The molecule has 140 valence electrons. The van der Waals surface area contributed by atoms with Crippen LogP contribution in [-0.2, 0) is 11.3 Å². The Morgan fingerprint density at radius 3 is 2.50 bits per heavy atom. The number of carbonyl (C=O) groups excluding carboxylic acids is 1. The Balaban J connectivity index is 1.74. The van der Waals surface area contributed by atoms with Crippen LogP contribution < -0.4 is 9.47 Å². The Hall–Kier alpha value is -2.43. The van der Waals surface area contributed by atoms with Gasteiger partial charge in [0.25, 0.3) is 0 Å². The van der Waals surface area contributed by atoms with Crippen molar-refractivity contribution in [2.24, 2.45) is 0 Å². The van der Waals surface area contributed by atoms with E-state index in [9.17, 15) is 4.79 Å². The summed E-state index contributed by atoms with van der Waals surface area (Å²) in [5.74, 6) is 1.75. The van der Waals surface area contributed by atoms with E-state index in [1.54, 1.807) is 14.2 Å². The minimum atomic E-state index is 0.0789. The number of nitrogens with zero attached hydrogens (tertiary/aromatic N) is 2. The molecule has 0 radical (unpaired) electrons. The summed E-state index contributed by atoms with van der Waals surface area (Å²) in [4.78, 5) is 14.9. The molecule has 1 unspecified atom stereocenters. The van der Waals surface area contributed by atoms with Crippen LogP contribution in [-0.4, -0.2) is 36.1 Å². The molecule has 1 amide bonds. The fourth-order valence-electron chi connectivity index (χ4n) is 3.89. The van der Waals surface area contributed by atoms with Crippen molar-refractivity contribution in [2.75, 3.05) is 20.8 Å².